The third-order valence-corrected chi connectivity index (χ3v) is 2.88. The van der Waals surface area contributed by atoms with Gasteiger partial charge in [0.15, 0.2) is 5.82 Å². The van der Waals surface area contributed by atoms with Crippen molar-refractivity contribution in [2.75, 3.05) is 0 Å². The normalized spacial score (nSPS) is 12.2. The molecule has 0 aliphatic carbocycles. The number of benzene rings is 1. The molecule has 0 fully saturated rings. The molecular weight excluding hydrogens is 254 g/mol. The van der Waals surface area contributed by atoms with Crippen molar-refractivity contribution in [2.24, 2.45) is 5.73 Å². The molecule has 6 heteroatoms. The summed E-state index contributed by atoms with van der Waals surface area (Å²) in [6.07, 6.45) is 1.07. The topological polar surface area (TPSA) is 93.6 Å². The van der Waals surface area contributed by atoms with Crippen LogP contribution in [0.2, 0.25) is 0 Å². The molecule has 3 rings (SSSR count). The summed E-state index contributed by atoms with van der Waals surface area (Å²) in [4.78, 5) is 12.1. The number of imidazole rings is 1. The van der Waals surface area contributed by atoms with Gasteiger partial charge in [-0.25, -0.2) is 4.98 Å². The molecule has 20 heavy (non-hydrogen) atoms. The Kier molecular flexibility index (Phi) is 3.02. The van der Waals surface area contributed by atoms with Crippen LogP contribution in [0.5, 0.6) is 0 Å². The lowest BCUT2D eigenvalue weighted by Gasteiger charge is -2.14. The summed E-state index contributed by atoms with van der Waals surface area (Å²) in [6, 6.07) is 7.89. The second-order valence-electron chi connectivity index (χ2n) is 5.65. The summed E-state index contributed by atoms with van der Waals surface area (Å²) in [6.45, 7) is 3.85. The van der Waals surface area contributed by atoms with Gasteiger partial charge in [0.25, 0.3) is 0 Å². The van der Waals surface area contributed by atoms with Crippen LogP contribution in [0.4, 0.5) is 0 Å². The third-order valence-electron chi connectivity index (χ3n) is 2.88. The van der Waals surface area contributed by atoms with Crippen LogP contribution < -0.4 is 5.73 Å². The number of aromatic nitrogens is 4. The number of hydrogen-bond acceptors (Lipinski definition) is 5. The average Bonchev–Trinajstić information content (AvgIpc) is 2.93. The van der Waals surface area contributed by atoms with Gasteiger partial charge in [-0.3, -0.25) is 0 Å². The summed E-state index contributed by atoms with van der Waals surface area (Å²) in [5.41, 5.74) is 7.52. The third kappa shape index (κ3) is 2.85. The van der Waals surface area contributed by atoms with E-state index in [1.807, 2.05) is 38.1 Å². The number of H-pyrrole nitrogens is 1. The van der Waals surface area contributed by atoms with Crippen molar-refractivity contribution in [3.63, 3.8) is 0 Å². The molecule has 3 N–H and O–H groups in total. The van der Waals surface area contributed by atoms with Crippen molar-refractivity contribution in [1.29, 1.82) is 0 Å². The molecule has 0 atom stereocenters. The standard InChI is InChI=1S/C14H17N5O/c1-14(2,15)8-13-18-12(19-20-13)7-11-16-9-5-3-4-6-10(9)17-11/h3-6H,7-8,15H2,1-2H3,(H,16,17). The molecule has 0 radical (unpaired) electrons. The average molecular weight is 271 g/mol. The van der Waals surface area contributed by atoms with E-state index in [1.165, 1.54) is 0 Å². The molecule has 0 bridgehead atoms. The zero-order chi connectivity index (χ0) is 14.2. The van der Waals surface area contributed by atoms with Gasteiger partial charge >= 0.3 is 0 Å². The van der Waals surface area contributed by atoms with E-state index in [1.54, 1.807) is 0 Å². The highest BCUT2D eigenvalue weighted by molar-refractivity contribution is 5.74. The first-order valence-corrected chi connectivity index (χ1v) is 6.53. The largest absolute Gasteiger partial charge is 0.342 e. The molecule has 0 aliphatic heterocycles. The maximum absolute atomic E-state index is 5.93. The van der Waals surface area contributed by atoms with Crippen LogP contribution >= 0.6 is 0 Å². The van der Waals surface area contributed by atoms with Gasteiger partial charge in [-0.2, -0.15) is 4.98 Å². The number of aromatic amines is 1. The van der Waals surface area contributed by atoms with E-state index in [4.69, 9.17) is 10.3 Å². The van der Waals surface area contributed by atoms with Crippen LogP contribution in [0, 0.1) is 0 Å². The smallest absolute Gasteiger partial charge is 0.228 e. The Hall–Kier alpha value is -2.21. The van der Waals surface area contributed by atoms with Gasteiger partial charge in [-0.05, 0) is 26.0 Å². The lowest BCUT2D eigenvalue weighted by molar-refractivity contribution is 0.345. The van der Waals surface area contributed by atoms with Gasteiger partial charge in [0.05, 0.1) is 17.5 Å². The maximum Gasteiger partial charge on any atom is 0.228 e. The van der Waals surface area contributed by atoms with Crippen LogP contribution in [-0.4, -0.2) is 25.6 Å². The fraction of sp³-hybridized carbons (Fsp3) is 0.357. The Balaban J connectivity index is 1.77. The van der Waals surface area contributed by atoms with Crippen molar-refractivity contribution < 1.29 is 4.52 Å². The Labute approximate surface area is 116 Å². The second kappa shape index (κ2) is 4.72. The minimum Gasteiger partial charge on any atom is -0.342 e. The van der Waals surface area contributed by atoms with Crippen molar-refractivity contribution in [1.82, 2.24) is 20.1 Å². The van der Waals surface area contributed by atoms with Crippen LogP contribution in [0.1, 0.15) is 31.4 Å². The van der Waals surface area contributed by atoms with E-state index < -0.39 is 0 Å². The van der Waals surface area contributed by atoms with Crippen molar-refractivity contribution in [3.05, 3.63) is 41.8 Å². The number of nitrogens with one attached hydrogen (secondary N) is 1. The van der Waals surface area contributed by atoms with Gasteiger partial charge in [-0.15, -0.1) is 0 Å². The Morgan fingerprint density at radius 2 is 2.05 bits per heavy atom. The molecule has 0 saturated heterocycles. The number of fused-ring (bicyclic) bond motifs is 1. The van der Waals surface area contributed by atoms with Crippen LogP contribution in [0.15, 0.2) is 28.8 Å². The van der Waals surface area contributed by atoms with Crippen molar-refractivity contribution >= 4 is 11.0 Å². The highest BCUT2D eigenvalue weighted by Gasteiger charge is 2.17. The van der Waals surface area contributed by atoms with Crippen molar-refractivity contribution in [3.8, 4) is 0 Å². The SMILES string of the molecule is CC(C)(N)Cc1nc(Cc2nc3ccccc3[nH]2)no1. The summed E-state index contributed by atoms with van der Waals surface area (Å²) in [5.74, 6) is 2.00. The summed E-state index contributed by atoms with van der Waals surface area (Å²) < 4.78 is 5.20. The number of nitrogens with zero attached hydrogens (tertiary/aromatic N) is 3. The molecule has 2 aromatic heterocycles. The van der Waals surface area contributed by atoms with E-state index in [-0.39, 0.29) is 5.54 Å². The minimum absolute atomic E-state index is 0.358. The number of rotatable bonds is 4. The monoisotopic (exact) mass is 271 g/mol. The molecule has 6 nitrogen and oxygen atoms in total. The summed E-state index contributed by atoms with van der Waals surface area (Å²) in [7, 11) is 0. The fourth-order valence-electron chi connectivity index (χ4n) is 2.06. The molecule has 104 valence electrons. The second-order valence-corrected chi connectivity index (χ2v) is 5.65. The molecule has 0 unspecified atom stereocenters. The van der Waals surface area contributed by atoms with Crippen LogP contribution in [0.3, 0.4) is 0 Å². The van der Waals surface area contributed by atoms with E-state index in [0.717, 1.165) is 16.9 Å². The van der Waals surface area contributed by atoms with E-state index in [2.05, 4.69) is 20.1 Å². The first-order chi connectivity index (χ1) is 9.49. The lowest BCUT2D eigenvalue weighted by Crippen LogP contribution is -2.34. The Morgan fingerprint density at radius 3 is 2.80 bits per heavy atom. The maximum atomic E-state index is 5.93. The fourth-order valence-corrected chi connectivity index (χ4v) is 2.06. The number of hydrogen-bond donors (Lipinski definition) is 2. The zero-order valence-electron chi connectivity index (χ0n) is 11.6. The summed E-state index contributed by atoms with van der Waals surface area (Å²) in [5, 5.41) is 3.96. The molecule has 1 aromatic carbocycles. The predicted molar refractivity (Wildman–Crippen MR) is 75.2 cm³/mol. The summed E-state index contributed by atoms with van der Waals surface area (Å²) >= 11 is 0. The molecule has 0 amide bonds. The van der Waals surface area contributed by atoms with Crippen molar-refractivity contribution in [2.45, 2.75) is 32.2 Å². The Bertz CT molecular complexity index is 689. The van der Waals surface area contributed by atoms with Gasteiger partial charge in [0.2, 0.25) is 5.89 Å². The number of para-hydroxylation sites is 2. The molecule has 2 heterocycles. The van der Waals surface area contributed by atoms with Crippen LogP contribution in [-0.2, 0) is 12.8 Å². The minimum atomic E-state index is -0.358. The highest BCUT2D eigenvalue weighted by Crippen LogP contribution is 2.13. The van der Waals surface area contributed by atoms with E-state index in [0.29, 0.717) is 24.6 Å². The molecule has 0 spiro atoms. The first kappa shape index (κ1) is 12.8. The van der Waals surface area contributed by atoms with Gasteiger partial charge < -0.3 is 15.2 Å². The van der Waals surface area contributed by atoms with Gasteiger partial charge in [-0.1, -0.05) is 17.3 Å². The molecule has 3 aromatic rings. The predicted octanol–water partition coefficient (Wildman–Crippen LogP) is 1.82. The van der Waals surface area contributed by atoms with E-state index in [9.17, 15) is 0 Å². The molecular formula is C14H17N5O. The van der Waals surface area contributed by atoms with Crippen LogP contribution in [0.25, 0.3) is 11.0 Å². The van der Waals surface area contributed by atoms with Gasteiger partial charge in [0, 0.05) is 12.0 Å². The zero-order valence-corrected chi connectivity index (χ0v) is 11.6. The number of nitrogens with two attached hydrogens (primary N) is 1. The lowest BCUT2D eigenvalue weighted by atomic mass is 10.0. The molecule has 0 saturated carbocycles. The Morgan fingerprint density at radius 1 is 1.25 bits per heavy atom. The van der Waals surface area contributed by atoms with Gasteiger partial charge in [0.1, 0.15) is 5.82 Å². The highest BCUT2D eigenvalue weighted by atomic mass is 16.5. The van der Waals surface area contributed by atoms with E-state index >= 15 is 0 Å². The first-order valence-electron chi connectivity index (χ1n) is 6.53. The molecule has 0 aliphatic rings. The quantitative estimate of drug-likeness (QED) is 0.754.